The molecule has 0 radical (unpaired) electrons. The highest BCUT2D eigenvalue weighted by Crippen LogP contribution is 2.53. The van der Waals surface area contributed by atoms with Crippen molar-refractivity contribution in [2.45, 2.75) is 38.8 Å². The molecule has 5 heteroatoms. The molecule has 2 nitrogen and oxygen atoms in total. The van der Waals surface area contributed by atoms with Crippen molar-refractivity contribution in [2.75, 3.05) is 0 Å². The van der Waals surface area contributed by atoms with E-state index >= 15 is 0 Å². The molecule has 2 aromatic rings. The number of ether oxygens (including phenoxy) is 2. The largest absolute Gasteiger partial charge is 0.460 e. The van der Waals surface area contributed by atoms with E-state index in [2.05, 4.69) is 0 Å². The van der Waals surface area contributed by atoms with Crippen molar-refractivity contribution < 1.29 is 22.6 Å². The minimum atomic E-state index is -4.73. The molecular formula is C21H21F3O2. The molecule has 0 saturated carbocycles. The molecule has 1 saturated heterocycles. The second-order valence-corrected chi connectivity index (χ2v) is 7.40. The Kier molecular flexibility index (Phi) is 4.61. The predicted octanol–water partition coefficient (Wildman–Crippen LogP) is 5.90. The van der Waals surface area contributed by atoms with Crippen LogP contribution in [0.25, 0.3) is 6.08 Å². The van der Waals surface area contributed by atoms with Gasteiger partial charge in [-0.3, -0.25) is 0 Å². The zero-order valence-electron chi connectivity index (χ0n) is 14.9. The fourth-order valence-electron chi connectivity index (χ4n) is 2.96. The van der Waals surface area contributed by atoms with Gasteiger partial charge in [0.1, 0.15) is 11.9 Å². The number of alkyl halides is 3. The van der Waals surface area contributed by atoms with Crippen LogP contribution in [0.1, 0.15) is 31.9 Å². The second kappa shape index (κ2) is 6.47. The summed E-state index contributed by atoms with van der Waals surface area (Å²) in [6.07, 6.45) is -3.96. The lowest BCUT2D eigenvalue weighted by atomic mass is 9.87. The first-order valence-corrected chi connectivity index (χ1v) is 8.39. The number of benzene rings is 2. The topological polar surface area (TPSA) is 18.5 Å². The Morgan fingerprint density at radius 1 is 0.885 bits per heavy atom. The van der Waals surface area contributed by atoms with E-state index in [9.17, 15) is 13.2 Å². The highest BCUT2D eigenvalue weighted by atomic mass is 19.4. The molecule has 1 aliphatic rings. The van der Waals surface area contributed by atoms with Gasteiger partial charge in [-0.05, 0) is 17.1 Å². The van der Waals surface area contributed by atoms with E-state index in [4.69, 9.17) is 9.47 Å². The fraction of sp³-hybridized carbons (Fsp3) is 0.333. The summed E-state index contributed by atoms with van der Waals surface area (Å²) < 4.78 is 53.5. The van der Waals surface area contributed by atoms with Crippen molar-refractivity contribution in [1.82, 2.24) is 0 Å². The minimum absolute atomic E-state index is 0.0711. The van der Waals surface area contributed by atoms with Crippen molar-refractivity contribution in [2.24, 2.45) is 5.41 Å². The third-order valence-electron chi connectivity index (χ3n) is 4.23. The lowest BCUT2D eigenvalue weighted by Crippen LogP contribution is -2.44. The Hall–Kier alpha value is -2.27. The lowest BCUT2D eigenvalue weighted by Gasteiger charge is -2.31. The highest BCUT2D eigenvalue weighted by molar-refractivity contribution is 5.53. The average Bonchev–Trinajstić information content (AvgIpc) is 2.97. The van der Waals surface area contributed by atoms with Crippen LogP contribution in [0.3, 0.4) is 0 Å². The van der Waals surface area contributed by atoms with Crippen molar-refractivity contribution in [3.63, 3.8) is 0 Å². The molecule has 26 heavy (non-hydrogen) atoms. The summed E-state index contributed by atoms with van der Waals surface area (Å²) in [5.41, 5.74) is 0.104. The molecule has 1 fully saturated rings. The van der Waals surface area contributed by atoms with Gasteiger partial charge in [-0.15, -0.1) is 0 Å². The standard InChI is InChI=1S/C21H21F3O2/c1-19(2,3)18-17(14-15-10-6-4-7-11-15)25-20(26-18,21(22,23)24)16-12-8-5-9-13-16/h4-14,18H,1-3H3/b17-14-. The maximum atomic E-state index is 14.1. The maximum Gasteiger partial charge on any atom is 0.460 e. The van der Waals surface area contributed by atoms with E-state index in [1.165, 1.54) is 12.1 Å². The molecule has 3 rings (SSSR count). The molecule has 0 bridgehead atoms. The van der Waals surface area contributed by atoms with Crippen molar-refractivity contribution in [1.29, 1.82) is 0 Å². The quantitative estimate of drug-likeness (QED) is 0.662. The van der Waals surface area contributed by atoms with Crippen LogP contribution in [0.5, 0.6) is 0 Å². The van der Waals surface area contributed by atoms with Gasteiger partial charge < -0.3 is 9.47 Å². The van der Waals surface area contributed by atoms with Crippen LogP contribution < -0.4 is 0 Å². The highest BCUT2D eigenvalue weighted by Gasteiger charge is 2.66. The van der Waals surface area contributed by atoms with E-state index in [1.807, 2.05) is 51.1 Å². The first-order chi connectivity index (χ1) is 12.1. The van der Waals surface area contributed by atoms with Gasteiger partial charge in [-0.2, -0.15) is 13.2 Å². The molecule has 0 N–H and O–H groups in total. The molecule has 2 atom stereocenters. The Morgan fingerprint density at radius 2 is 1.42 bits per heavy atom. The second-order valence-electron chi connectivity index (χ2n) is 7.40. The SMILES string of the molecule is CC(C)(C)C1OC(c2ccccc2)(C(F)(F)F)O/C1=C\c1ccccc1. The number of hydrogen-bond donors (Lipinski definition) is 0. The molecule has 0 spiro atoms. The number of halogens is 3. The predicted molar refractivity (Wildman–Crippen MR) is 94.0 cm³/mol. The molecule has 138 valence electrons. The van der Waals surface area contributed by atoms with Crippen molar-refractivity contribution >= 4 is 6.08 Å². The molecule has 0 amide bonds. The van der Waals surface area contributed by atoms with Crippen LogP contribution in [-0.2, 0) is 15.3 Å². The van der Waals surface area contributed by atoms with Crippen LogP contribution in [0.4, 0.5) is 13.2 Å². The van der Waals surface area contributed by atoms with Crippen LogP contribution >= 0.6 is 0 Å². The van der Waals surface area contributed by atoms with Gasteiger partial charge in [-0.25, -0.2) is 0 Å². The Bertz CT molecular complexity index is 776. The Labute approximate surface area is 151 Å². The third-order valence-corrected chi connectivity index (χ3v) is 4.23. The summed E-state index contributed by atoms with van der Waals surface area (Å²) in [5, 5.41) is 0. The molecule has 2 aromatic carbocycles. The first-order valence-electron chi connectivity index (χ1n) is 8.39. The molecule has 2 unspecified atom stereocenters. The first kappa shape index (κ1) is 18.5. The van der Waals surface area contributed by atoms with E-state index in [0.717, 1.165) is 5.56 Å². The van der Waals surface area contributed by atoms with Crippen LogP contribution in [0.15, 0.2) is 66.4 Å². The summed E-state index contributed by atoms with van der Waals surface area (Å²) in [5.74, 6) is -2.64. The van der Waals surface area contributed by atoms with Gasteiger partial charge in [0.2, 0.25) is 0 Å². The maximum absolute atomic E-state index is 14.1. The van der Waals surface area contributed by atoms with Gasteiger partial charge in [0.25, 0.3) is 0 Å². The van der Waals surface area contributed by atoms with Crippen molar-refractivity contribution in [3.8, 4) is 0 Å². The van der Waals surface area contributed by atoms with Gasteiger partial charge in [0.15, 0.2) is 0 Å². The van der Waals surface area contributed by atoms with E-state index in [-0.39, 0.29) is 11.3 Å². The van der Waals surface area contributed by atoms with Gasteiger partial charge in [-0.1, -0.05) is 81.4 Å². The Morgan fingerprint density at radius 3 is 1.92 bits per heavy atom. The van der Waals surface area contributed by atoms with E-state index in [0.29, 0.717) is 0 Å². The van der Waals surface area contributed by atoms with Crippen LogP contribution in [-0.4, -0.2) is 12.3 Å². The summed E-state index contributed by atoms with van der Waals surface area (Å²) in [4.78, 5) is 0. The molecule has 1 aliphatic heterocycles. The van der Waals surface area contributed by atoms with Crippen molar-refractivity contribution in [3.05, 3.63) is 77.5 Å². The summed E-state index contributed by atoms with van der Waals surface area (Å²) in [7, 11) is 0. The smallest absolute Gasteiger partial charge is 0.451 e. The summed E-state index contributed by atoms with van der Waals surface area (Å²) in [6, 6.07) is 16.6. The third kappa shape index (κ3) is 3.36. The van der Waals surface area contributed by atoms with E-state index < -0.39 is 23.5 Å². The number of hydrogen-bond acceptors (Lipinski definition) is 2. The molecule has 0 aliphatic carbocycles. The number of rotatable bonds is 2. The summed E-state index contributed by atoms with van der Waals surface area (Å²) >= 11 is 0. The fourth-order valence-corrected chi connectivity index (χ4v) is 2.96. The van der Waals surface area contributed by atoms with Gasteiger partial charge in [0, 0.05) is 5.56 Å². The zero-order valence-corrected chi connectivity index (χ0v) is 14.9. The van der Waals surface area contributed by atoms with Gasteiger partial charge >= 0.3 is 12.0 Å². The molecule has 1 heterocycles. The molecular weight excluding hydrogens is 341 g/mol. The molecule has 0 aromatic heterocycles. The minimum Gasteiger partial charge on any atom is -0.451 e. The monoisotopic (exact) mass is 362 g/mol. The van der Waals surface area contributed by atoms with Crippen LogP contribution in [0, 0.1) is 5.41 Å². The van der Waals surface area contributed by atoms with E-state index in [1.54, 1.807) is 24.3 Å². The summed E-state index contributed by atoms with van der Waals surface area (Å²) in [6.45, 7) is 5.49. The zero-order chi connectivity index (χ0) is 19.0. The normalized spacial score (nSPS) is 25.3. The average molecular weight is 362 g/mol. The van der Waals surface area contributed by atoms with Crippen LogP contribution in [0.2, 0.25) is 0 Å². The van der Waals surface area contributed by atoms with Gasteiger partial charge in [0.05, 0.1) is 0 Å². The Balaban J connectivity index is 2.13. The lowest BCUT2D eigenvalue weighted by molar-refractivity contribution is -0.357.